The van der Waals surface area contributed by atoms with Crippen molar-refractivity contribution >= 4 is 29.1 Å². The zero-order valence-corrected chi connectivity index (χ0v) is 9.20. The molecular formula is C8H11NO2S2. The molecule has 0 radical (unpaired) electrons. The number of thioether (sulfide) groups is 1. The van der Waals surface area contributed by atoms with Crippen molar-refractivity contribution in [1.29, 1.82) is 0 Å². The number of ether oxygens (including phenoxy) is 1. The molecule has 0 atom stereocenters. The molecule has 3 nitrogen and oxygen atoms in total. The molecule has 0 aliphatic rings. The summed E-state index contributed by atoms with van der Waals surface area (Å²) in [6, 6.07) is 0. The van der Waals surface area contributed by atoms with Crippen molar-refractivity contribution in [3.63, 3.8) is 0 Å². The van der Waals surface area contributed by atoms with Crippen LogP contribution in [0.2, 0.25) is 0 Å². The van der Waals surface area contributed by atoms with Crippen LogP contribution < -0.4 is 0 Å². The second kappa shape index (κ2) is 5.24. The van der Waals surface area contributed by atoms with E-state index >= 15 is 0 Å². The highest BCUT2D eigenvalue weighted by Gasteiger charge is 2.10. The van der Waals surface area contributed by atoms with Gasteiger partial charge in [-0.15, -0.1) is 11.3 Å². The maximum atomic E-state index is 11.2. The molecule has 1 aromatic rings. The number of aromatic nitrogens is 1. The Morgan fingerprint density at radius 3 is 3.08 bits per heavy atom. The summed E-state index contributed by atoms with van der Waals surface area (Å²) in [7, 11) is 0. The van der Waals surface area contributed by atoms with Crippen molar-refractivity contribution in [1.82, 2.24) is 4.98 Å². The highest BCUT2D eigenvalue weighted by atomic mass is 32.2. The first-order valence-electron chi connectivity index (χ1n) is 4.03. The number of esters is 1. The van der Waals surface area contributed by atoms with Crippen LogP contribution in [0.5, 0.6) is 0 Å². The topological polar surface area (TPSA) is 39.2 Å². The summed E-state index contributed by atoms with van der Waals surface area (Å²) in [5.74, 6) is 0.693. The molecule has 0 bridgehead atoms. The first-order chi connectivity index (χ1) is 6.27. The number of nitrogens with zero attached hydrogens (tertiary/aromatic N) is 1. The van der Waals surface area contributed by atoms with Gasteiger partial charge in [0.25, 0.3) is 0 Å². The molecular weight excluding hydrogens is 206 g/mol. The molecule has 1 heterocycles. The predicted octanol–water partition coefficient (Wildman–Crippen LogP) is 2.43. The second-order valence-electron chi connectivity index (χ2n) is 2.14. The van der Waals surface area contributed by atoms with Crippen molar-refractivity contribution in [2.45, 2.75) is 18.2 Å². The van der Waals surface area contributed by atoms with Gasteiger partial charge in [-0.2, -0.15) is 0 Å². The van der Waals surface area contributed by atoms with E-state index in [9.17, 15) is 4.79 Å². The molecule has 0 N–H and O–H groups in total. The largest absolute Gasteiger partial charge is 0.462 e. The van der Waals surface area contributed by atoms with Crippen LogP contribution in [0.3, 0.4) is 0 Å². The molecule has 0 amide bonds. The van der Waals surface area contributed by atoms with Crippen LogP contribution in [0.4, 0.5) is 0 Å². The summed E-state index contributed by atoms with van der Waals surface area (Å²) >= 11 is 3.01. The van der Waals surface area contributed by atoms with Crippen molar-refractivity contribution < 1.29 is 9.53 Å². The summed E-state index contributed by atoms with van der Waals surface area (Å²) in [5.41, 5.74) is 0. The minimum Gasteiger partial charge on any atom is -0.462 e. The Kier molecular flexibility index (Phi) is 4.24. The molecule has 1 aromatic heterocycles. The molecule has 72 valence electrons. The minimum absolute atomic E-state index is 0.275. The third kappa shape index (κ3) is 3.00. The SMILES string of the molecule is CCOC(=O)c1cnc(SCC)s1. The highest BCUT2D eigenvalue weighted by Crippen LogP contribution is 2.24. The molecule has 0 aromatic carbocycles. The van der Waals surface area contributed by atoms with Crippen LogP contribution in [0.15, 0.2) is 10.5 Å². The molecule has 13 heavy (non-hydrogen) atoms. The van der Waals surface area contributed by atoms with Gasteiger partial charge in [-0.05, 0) is 12.7 Å². The van der Waals surface area contributed by atoms with Gasteiger partial charge in [0.2, 0.25) is 0 Å². The van der Waals surface area contributed by atoms with Gasteiger partial charge < -0.3 is 4.74 Å². The Balaban J connectivity index is 2.62. The summed E-state index contributed by atoms with van der Waals surface area (Å²) in [5, 5.41) is 0. The van der Waals surface area contributed by atoms with Gasteiger partial charge in [-0.3, -0.25) is 0 Å². The molecule has 0 aliphatic carbocycles. The van der Waals surface area contributed by atoms with Crippen LogP contribution >= 0.6 is 23.1 Å². The van der Waals surface area contributed by atoms with Crippen LogP contribution in [0.25, 0.3) is 0 Å². The zero-order chi connectivity index (χ0) is 9.68. The summed E-state index contributed by atoms with van der Waals surface area (Å²) in [4.78, 5) is 15.9. The third-order valence-corrected chi connectivity index (χ3v) is 3.25. The van der Waals surface area contributed by atoms with E-state index in [1.807, 2.05) is 0 Å². The molecule has 0 saturated carbocycles. The average Bonchev–Trinajstić information content (AvgIpc) is 2.54. The van der Waals surface area contributed by atoms with Crippen LogP contribution in [0, 0.1) is 0 Å². The summed E-state index contributed by atoms with van der Waals surface area (Å²) in [6.45, 7) is 4.25. The minimum atomic E-state index is -0.275. The normalized spacial score (nSPS) is 10.0. The molecule has 1 rings (SSSR count). The van der Waals surface area contributed by atoms with E-state index in [0.29, 0.717) is 11.5 Å². The van der Waals surface area contributed by atoms with E-state index in [0.717, 1.165) is 10.1 Å². The van der Waals surface area contributed by atoms with Crippen molar-refractivity contribution in [2.24, 2.45) is 0 Å². The fourth-order valence-corrected chi connectivity index (χ4v) is 2.52. The predicted molar refractivity (Wildman–Crippen MR) is 54.5 cm³/mol. The summed E-state index contributed by atoms with van der Waals surface area (Å²) < 4.78 is 5.76. The fourth-order valence-electron chi connectivity index (χ4n) is 0.745. The van der Waals surface area contributed by atoms with Crippen molar-refractivity contribution in [3.05, 3.63) is 11.1 Å². The number of rotatable bonds is 4. The van der Waals surface area contributed by atoms with Crippen LogP contribution in [-0.4, -0.2) is 23.3 Å². The number of hydrogen-bond donors (Lipinski definition) is 0. The maximum Gasteiger partial charge on any atom is 0.349 e. The van der Waals surface area contributed by atoms with E-state index in [4.69, 9.17) is 4.74 Å². The average molecular weight is 217 g/mol. The Hall–Kier alpha value is -0.550. The van der Waals surface area contributed by atoms with Gasteiger partial charge in [-0.25, -0.2) is 9.78 Å². The molecule has 0 fully saturated rings. The number of thiazole rings is 1. The van der Waals surface area contributed by atoms with E-state index in [2.05, 4.69) is 11.9 Å². The Morgan fingerprint density at radius 1 is 1.69 bits per heavy atom. The van der Waals surface area contributed by atoms with Crippen molar-refractivity contribution in [2.75, 3.05) is 12.4 Å². The lowest BCUT2D eigenvalue weighted by Crippen LogP contribution is -2.01. The summed E-state index contributed by atoms with van der Waals surface area (Å²) in [6.07, 6.45) is 1.57. The van der Waals surface area contributed by atoms with E-state index in [-0.39, 0.29) is 5.97 Å². The van der Waals surface area contributed by atoms with Gasteiger partial charge in [0.15, 0.2) is 4.34 Å². The first-order valence-corrected chi connectivity index (χ1v) is 5.83. The van der Waals surface area contributed by atoms with Crippen LogP contribution in [-0.2, 0) is 4.74 Å². The number of hydrogen-bond acceptors (Lipinski definition) is 5. The zero-order valence-electron chi connectivity index (χ0n) is 7.57. The quantitative estimate of drug-likeness (QED) is 0.573. The standard InChI is InChI=1S/C8H11NO2S2/c1-3-11-7(10)6-5-9-8(13-6)12-4-2/h5H,3-4H2,1-2H3. The van der Waals surface area contributed by atoms with E-state index in [1.165, 1.54) is 11.3 Å². The lowest BCUT2D eigenvalue weighted by molar-refractivity contribution is 0.0532. The Morgan fingerprint density at radius 2 is 2.46 bits per heavy atom. The third-order valence-electron chi connectivity index (χ3n) is 1.23. The fraction of sp³-hybridized carbons (Fsp3) is 0.500. The smallest absolute Gasteiger partial charge is 0.349 e. The second-order valence-corrected chi connectivity index (χ2v) is 4.69. The van der Waals surface area contributed by atoms with Gasteiger partial charge >= 0.3 is 5.97 Å². The molecule has 5 heteroatoms. The first kappa shape index (κ1) is 10.5. The monoisotopic (exact) mass is 217 g/mol. The lowest BCUT2D eigenvalue weighted by Gasteiger charge is -1.95. The molecule has 0 aliphatic heterocycles. The van der Waals surface area contributed by atoms with Gasteiger partial charge in [-0.1, -0.05) is 18.7 Å². The Bertz CT molecular complexity index is 285. The van der Waals surface area contributed by atoms with E-state index in [1.54, 1.807) is 24.9 Å². The highest BCUT2D eigenvalue weighted by molar-refractivity contribution is 8.01. The van der Waals surface area contributed by atoms with Gasteiger partial charge in [0.05, 0.1) is 12.8 Å². The van der Waals surface area contributed by atoms with E-state index < -0.39 is 0 Å². The number of carbonyl (C=O) groups excluding carboxylic acids is 1. The molecule has 0 unspecified atom stereocenters. The lowest BCUT2D eigenvalue weighted by atomic mass is 10.6. The molecule has 0 spiro atoms. The van der Waals surface area contributed by atoms with Gasteiger partial charge in [0, 0.05) is 0 Å². The van der Waals surface area contributed by atoms with Gasteiger partial charge in [0.1, 0.15) is 4.88 Å². The van der Waals surface area contributed by atoms with Crippen LogP contribution in [0.1, 0.15) is 23.5 Å². The van der Waals surface area contributed by atoms with Crippen molar-refractivity contribution in [3.8, 4) is 0 Å². The number of carbonyl (C=O) groups is 1. The Labute approximate surface area is 85.5 Å². The molecule has 0 saturated heterocycles. The maximum absolute atomic E-state index is 11.2.